The fraction of sp³-hybridized carbons (Fsp3) is 0.500. The summed E-state index contributed by atoms with van der Waals surface area (Å²) in [5.74, 6) is 0.820. The Bertz CT molecular complexity index is 732. The van der Waals surface area contributed by atoms with Crippen molar-refractivity contribution in [2.75, 3.05) is 25.1 Å². The van der Waals surface area contributed by atoms with E-state index in [1.807, 2.05) is 0 Å². The molecule has 0 radical (unpaired) electrons. The van der Waals surface area contributed by atoms with E-state index in [0.717, 1.165) is 11.3 Å². The van der Waals surface area contributed by atoms with Crippen LogP contribution in [0.15, 0.2) is 18.2 Å². The molecule has 2 aliphatic heterocycles. The van der Waals surface area contributed by atoms with Crippen LogP contribution < -0.4 is 20.1 Å². The molecular formula is C18H23N3O5. The lowest BCUT2D eigenvalue weighted by Gasteiger charge is -2.15. The van der Waals surface area contributed by atoms with Gasteiger partial charge in [-0.1, -0.05) is 0 Å². The van der Waals surface area contributed by atoms with Crippen LogP contribution in [0.2, 0.25) is 0 Å². The van der Waals surface area contributed by atoms with Crippen LogP contribution in [0.3, 0.4) is 0 Å². The van der Waals surface area contributed by atoms with E-state index in [4.69, 9.17) is 9.47 Å². The molecule has 140 valence electrons. The summed E-state index contributed by atoms with van der Waals surface area (Å²) >= 11 is 0. The first-order valence-corrected chi connectivity index (χ1v) is 8.70. The van der Waals surface area contributed by atoms with Crippen molar-refractivity contribution in [1.29, 1.82) is 0 Å². The van der Waals surface area contributed by atoms with Gasteiger partial charge in [-0.15, -0.1) is 0 Å². The molecule has 26 heavy (non-hydrogen) atoms. The Morgan fingerprint density at radius 1 is 1.23 bits per heavy atom. The lowest BCUT2D eigenvalue weighted by Crippen LogP contribution is -2.40. The number of urea groups is 1. The maximum absolute atomic E-state index is 12.1. The van der Waals surface area contributed by atoms with Crippen LogP contribution in [-0.2, 0) is 9.59 Å². The van der Waals surface area contributed by atoms with Crippen molar-refractivity contribution in [2.45, 2.75) is 38.6 Å². The highest BCUT2D eigenvalue weighted by molar-refractivity contribution is 6.06. The van der Waals surface area contributed by atoms with Crippen LogP contribution in [0, 0.1) is 0 Å². The molecule has 8 nitrogen and oxygen atoms in total. The second kappa shape index (κ2) is 7.23. The standard InChI is InChI=1S/C18H23N3O5/c1-18(2)16(23)21(17(24)20-18)8-3-5-15(22)19-12-6-7-13-14(11-12)26-10-4-9-25-13/h6-7,11H,3-5,8-10H2,1-2H3,(H,19,22)(H,20,24). The molecule has 0 aromatic heterocycles. The second-order valence-corrected chi connectivity index (χ2v) is 6.88. The van der Waals surface area contributed by atoms with E-state index in [9.17, 15) is 14.4 Å². The molecule has 1 aromatic carbocycles. The second-order valence-electron chi connectivity index (χ2n) is 6.88. The van der Waals surface area contributed by atoms with E-state index in [1.54, 1.807) is 32.0 Å². The highest BCUT2D eigenvalue weighted by Gasteiger charge is 2.43. The van der Waals surface area contributed by atoms with Crippen molar-refractivity contribution in [2.24, 2.45) is 0 Å². The molecule has 0 spiro atoms. The summed E-state index contributed by atoms with van der Waals surface area (Å²) in [6.45, 7) is 4.71. The van der Waals surface area contributed by atoms with Gasteiger partial charge in [0.2, 0.25) is 5.91 Å². The predicted molar refractivity (Wildman–Crippen MR) is 94.2 cm³/mol. The Hall–Kier alpha value is -2.77. The highest BCUT2D eigenvalue weighted by atomic mass is 16.5. The largest absolute Gasteiger partial charge is 0.490 e. The topological polar surface area (TPSA) is 97.0 Å². The molecule has 1 fully saturated rings. The van der Waals surface area contributed by atoms with Gasteiger partial charge in [-0.05, 0) is 32.4 Å². The van der Waals surface area contributed by atoms with Crippen LogP contribution in [-0.4, -0.2) is 48.0 Å². The summed E-state index contributed by atoms with van der Waals surface area (Å²) in [7, 11) is 0. The number of benzene rings is 1. The summed E-state index contributed by atoms with van der Waals surface area (Å²) < 4.78 is 11.2. The third-order valence-electron chi connectivity index (χ3n) is 4.26. The maximum atomic E-state index is 12.1. The van der Waals surface area contributed by atoms with Gasteiger partial charge in [0, 0.05) is 31.1 Å². The molecule has 2 N–H and O–H groups in total. The van der Waals surface area contributed by atoms with E-state index < -0.39 is 11.6 Å². The third-order valence-corrected chi connectivity index (χ3v) is 4.26. The number of carbonyl (C=O) groups is 3. The lowest BCUT2D eigenvalue weighted by atomic mass is 10.1. The Kier molecular flexibility index (Phi) is 5.01. The molecule has 2 aliphatic rings. The molecule has 3 rings (SSSR count). The Labute approximate surface area is 151 Å². The van der Waals surface area contributed by atoms with Crippen molar-refractivity contribution in [3.63, 3.8) is 0 Å². The average Bonchev–Trinajstić information content (AvgIpc) is 2.75. The normalized spacial score (nSPS) is 18.3. The number of carbonyl (C=O) groups excluding carboxylic acids is 3. The third kappa shape index (κ3) is 3.89. The number of fused-ring (bicyclic) bond motifs is 1. The van der Waals surface area contributed by atoms with Gasteiger partial charge < -0.3 is 20.1 Å². The summed E-state index contributed by atoms with van der Waals surface area (Å²) in [5, 5.41) is 5.41. The van der Waals surface area contributed by atoms with Crippen LogP contribution >= 0.6 is 0 Å². The van der Waals surface area contributed by atoms with Gasteiger partial charge in [-0.2, -0.15) is 0 Å². The predicted octanol–water partition coefficient (Wildman–Crippen LogP) is 1.90. The monoisotopic (exact) mass is 361 g/mol. The summed E-state index contributed by atoms with van der Waals surface area (Å²) in [5.41, 5.74) is -0.265. The van der Waals surface area contributed by atoms with Gasteiger partial charge in [0.25, 0.3) is 5.91 Å². The van der Waals surface area contributed by atoms with Crippen LogP contribution in [0.25, 0.3) is 0 Å². The number of ether oxygens (including phenoxy) is 2. The minimum absolute atomic E-state index is 0.189. The number of hydrogen-bond acceptors (Lipinski definition) is 5. The molecule has 1 saturated heterocycles. The number of amides is 4. The van der Waals surface area contributed by atoms with Crippen LogP contribution in [0.4, 0.5) is 10.5 Å². The SMILES string of the molecule is CC1(C)NC(=O)N(CCCC(=O)Nc2ccc3c(c2)OCCCO3)C1=O. The van der Waals surface area contributed by atoms with Gasteiger partial charge in [-0.3, -0.25) is 14.5 Å². The fourth-order valence-corrected chi connectivity index (χ4v) is 2.88. The molecule has 8 heteroatoms. The average molecular weight is 361 g/mol. The summed E-state index contributed by atoms with van der Waals surface area (Å²) in [6.07, 6.45) is 1.41. The van der Waals surface area contributed by atoms with Crippen LogP contribution in [0.1, 0.15) is 33.1 Å². The van der Waals surface area contributed by atoms with Gasteiger partial charge in [0.05, 0.1) is 13.2 Å². The summed E-state index contributed by atoms with van der Waals surface area (Å²) in [6, 6.07) is 4.85. The van der Waals surface area contributed by atoms with Gasteiger partial charge >= 0.3 is 6.03 Å². The van der Waals surface area contributed by atoms with Crippen molar-refractivity contribution in [3.05, 3.63) is 18.2 Å². The Morgan fingerprint density at radius 3 is 2.65 bits per heavy atom. The zero-order chi connectivity index (χ0) is 18.7. The molecule has 0 unspecified atom stereocenters. The first-order chi connectivity index (χ1) is 12.4. The van der Waals surface area contributed by atoms with Gasteiger partial charge in [-0.25, -0.2) is 4.79 Å². The smallest absolute Gasteiger partial charge is 0.325 e. The van der Waals surface area contributed by atoms with Crippen molar-refractivity contribution in [1.82, 2.24) is 10.2 Å². The Morgan fingerprint density at radius 2 is 1.96 bits per heavy atom. The molecule has 0 atom stereocenters. The number of imide groups is 1. The number of hydrogen-bond donors (Lipinski definition) is 2. The van der Waals surface area contributed by atoms with E-state index in [2.05, 4.69) is 10.6 Å². The first kappa shape index (κ1) is 18.0. The van der Waals surface area contributed by atoms with Gasteiger partial charge in [0.15, 0.2) is 11.5 Å². The van der Waals surface area contributed by atoms with E-state index in [-0.39, 0.29) is 24.8 Å². The number of anilines is 1. The highest BCUT2D eigenvalue weighted by Crippen LogP contribution is 2.32. The number of rotatable bonds is 5. The summed E-state index contributed by atoms with van der Waals surface area (Å²) in [4.78, 5) is 37.2. The number of nitrogens with one attached hydrogen (secondary N) is 2. The minimum Gasteiger partial charge on any atom is -0.490 e. The number of nitrogens with zero attached hydrogens (tertiary/aromatic N) is 1. The van der Waals surface area contributed by atoms with Crippen LogP contribution in [0.5, 0.6) is 11.5 Å². The van der Waals surface area contributed by atoms with E-state index in [0.29, 0.717) is 36.8 Å². The lowest BCUT2D eigenvalue weighted by molar-refractivity contribution is -0.130. The van der Waals surface area contributed by atoms with Crippen molar-refractivity contribution in [3.8, 4) is 11.5 Å². The quantitative estimate of drug-likeness (QED) is 0.781. The van der Waals surface area contributed by atoms with Crippen molar-refractivity contribution < 1.29 is 23.9 Å². The van der Waals surface area contributed by atoms with Crippen molar-refractivity contribution >= 4 is 23.5 Å². The zero-order valence-corrected chi connectivity index (χ0v) is 15.0. The maximum Gasteiger partial charge on any atom is 0.325 e. The molecule has 0 saturated carbocycles. The molecule has 2 heterocycles. The minimum atomic E-state index is -0.886. The van der Waals surface area contributed by atoms with Gasteiger partial charge in [0.1, 0.15) is 5.54 Å². The molecule has 0 bridgehead atoms. The zero-order valence-electron chi connectivity index (χ0n) is 15.0. The fourth-order valence-electron chi connectivity index (χ4n) is 2.88. The molecule has 0 aliphatic carbocycles. The Balaban J connectivity index is 1.50. The first-order valence-electron chi connectivity index (χ1n) is 8.70. The molecule has 4 amide bonds. The molecular weight excluding hydrogens is 338 g/mol. The molecule has 1 aromatic rings. The van der Waals surface area contributed by atoms with E-state index >= 15 is 0 Å². The van der Waals surface area contributed by atoms with E-state index in [1.165, 1.54) is 0 Å².